The third-order valence-electron chi connectivity index (χ3n) is 4.45. The van der Waals surface area contributed by atoms with Gasteiger partial charge in [-0.25, -0.2) is 4.98 Å². The second-order valence-electron chi connectivity index (χ2n) is 6.39. The van der Waals surface area contributed by atoms with Gasteiger partial charge in [-0.1, -0.05) is 0 Å². The van der Waals surface area contributed by atoms with Gasteiger partial charge in [-0.05, 0) is 56.7 Å². The van der Waals surface area contributed by atoms with E-state index >= 15 is 0 Å². The topological polar surface area (TPSA) is 61.2 Å². The minimum Gasteiger partial charge on any atom is -0.494 e. The molecule has 0 fully saturated rings. The summed E-state index contributed by atoms with van der Waals surface area (Å²) in [6.45, 7) is 8.25. The molecule has 0 bridgehead atoms. The van der Waals surface area contributed by atoms with E-state index in [-0.39, 0.29) is 0 Å². The van der Waals surface area contributed by atoms with E-state index in [9.17, 15) is 0 Å². The maximum Gasteiger partial charge on any atom is 0.219 e. The van der Waals surface area contributed by atoms with Crippen molar-refractivity contribution in [3.05, 3.63) is 65.1 Å². The molecule has 1 N–H and O–H groups in total. The number of hydrogen-bond acceptors (Lipinski definition) is 5. The molecule has 3 aromatic rings. The third kappa shape index (κ3) is 4.86. The lowest BCUT2D eigenvalue weighted by Crippen LogP contribution is -2.14. The normalized spacial score (nSPS) is 10.8. The van der Waals surface area contributed by atoms with Crippen LogP contribution in [-0.4, -0.2) is 21.4 Å². The van der Waals surface area contributed by atoms with Crippen molar-refractivity contribution in [2.75, 3.05) is 6.61 Å². The van der Waals surface area contributed by atoms with Crippen molar-refractivity contribution in [3.8, 4) is 17.4 Å². The van der Waals surface area contributed by atoms with Gasteiger partial charge in [0.15, 0.2) is 0 Å². The maximum atomic E-state index is 5.85. The number of nitrogens with zero attached hydrogens (tertiary/aromatic N) is 3. The second kappa shape index (κ2) is 8.68. The first-order valence-electron chi connectivity index (χ1n) is 9.12. The molecule has 0 aliphatic heterocycles. The quantitative estimate of drug-likeness (QED) is 0.655. The van der Waals surface area contributed by atoms with E-state index in [0.29, 0.717) is 12.5 Å². The number of hydrogen-bond donors (Lipinski definition) is 1. The lowest BCUT2D eigenvalue weighted by atomic mass is 10.2. The van der Waals surface area contributed by atoms with Crippen molar-refractivity contribution in [3.63, 3.8) is 0 Å². The van der Waals surface area contributed by atoms with Crippen LogP contribution in [0.3, 0.4) is 0 Å². The molecule has 0 amide bonds. The highest BCUT2D eigenvalue weighted by molar-refractivity contribution is 5.34. The number of aryl methyl sites for hydroxylation is 2. The fraction of sp³-hybridized carbons (Fsp3) is 0.333. The fourth-order valence-corrected chi connectivity index (χ4v) is 2.91. The Hall–Kier alpha value is -2.86. The number of nitrogens with one attached hydrogen (secondary N) is 1. The first-order valence-corrected chi connectivity index (χ1v) is 9.12. The van der Waals surface area contributed by atoms with Gasteiger partial charge < -0.3 is 14.8 Å². The number of benzene rings is 1. The van der Waals surface area contributed by atoms with Crippen molar-refractivity contribution in [1.29, 1.82) is 0 Å². The summed E-state index contributed by atoms with van der Waals surface area (Å²) in [6.07, 6.45) is 1.77. The average Bonchev–Trinajstić information content (AvgIpc) is 2.90. The number of pyridine rings is 1. The number of aromatic nitrogens is 3. The van der Waals surface area contributed by atoms with E-state index < -0.39 is 0 Å². The molecule has 3 rings (SSSR count). The van der Waals surface area contributed by atoms with E-state index in [2.05, 4.69) is 22.3 Å². The second-order valence-corrected chi connectivity index (χ2v) is 6.39. The molecule has 0 aliphatic carbocycles. The van der Waals surface area contributed by atoms with Crippen LogP contribution in [0.2, 0.25) is 0 Å². The molecule has 0 spiro atoms. The first-order chi connectivity index (χ1) is 13.1. The molecule has 0 radical (unpaired) electrons. The highest BCUT2D eigenvalue weighted by Gasteiger charge is 2.08. The van der Waals surface area contributed by atoms with Crippen LogP contribution in [0.15, 0.2) is 42.6 Å². The molecule has 6 nitrogen and oxygen atoms in total. The van der Waals surface area contributed by atoms with E-state index in [4.69, 9.17) is 9.47 Å². The van der Waals surface area contributed by atoms with Gasteiger partial charge in [0, 0.05) is 43.7 Å². The first kappa shape index (κ1) is 18.9. The van der Waals surface area contributed by atoms with Crippen LogP contribution in [-0.2, 0) is 20.1 Å². The van der Waals surface area contributed by atoms with Gasteiger partial charge in [-0.15, -0.1) is 0 Å². The molecule has 0 aliphatic rings. The molecular weight excluding hydrogens is 340 g/mol. The van der Waals surface area contributed by atoms with Gasteiger partial charge >= 0.3 is 0 Å². The molecule has 0 unspecified atom stereocenters. The zero-order valence-electron chi connectivity index (χ0n) is 16.3. The monoisotopic (exact) mass is 366 g/mol. The van der Waals surface area contributed by atoms with Crippen LogP contribution in [0.1, 0.15) is 29.4 Å². The molecule has 1 aromatic carbocycles. The van der Waals surface area contributed by atoms with Gasteiger partial charge in [-0.3, -0.25) is 4.68 Å². The Balaban J connectivity index is 1.58. The van der Waals surface area contributed by atoms with Crippen LogP contribution in [0, 0.1) is 13.8 Å². The summed E-state index contributed by atoms with van der Waals surface area (Å²) in [7, 11) is 1.97. The van der Waals surface area contributed by atoms with Crippen molar-refractivity contribution in [2.45, 2.75) is 33.9 Å². The van der Waals surface area contributed by atoms with Gasteiger partial charge in [0.1, 0.15) is 11.5 Å². The van der Waals surface area contributed by atoms with Gasteiger partial charge in [0.25, 0.3) is 0 Å². The predicted molar refractivity (Wildman–Crippen MR) is 105 cm³/mol. The molecule has 27 heavy (non-hydrogen) atoms. The summed E-state index contributed by atoms with van der Waals surface area (Å²) in [4.78, 5) is 4.30. The smallest absolute Gasteiger partial charge is 0.219 e. The van der Waals surface area contributed by atoms with Crippen molar-refractivity contribution >= 4 is 0 Å². The minimum atomic E-state index is 0.576. The minimum absolute atomic E-state index is 0.576. The summed E-state index contributed by atoms with van der Waals surface area (Å²) in [5.74, 6) is 2.14. The van der Waals surface area contributed by atoms with Gasteiger partial charge in [-0.2, -0.15) is 5.10 Å². The highest BCUT2D eigenvalue weighted by Crippen LogP contribution is 2.23. The van der Waals surface area contributed by atoms with Crippen molar-refractivity contribution < 1.29 is 9.47 Å². The van der Waals surface area contributed by atoms with Crippen LogP contribution < -0.4 is 14.8 Å². The summed E-state index contributed by atoms with van der Waals surface area (Å²) < 4.78 is 13.2. The Kier molecular flexibility index (Phi) is 6.08. The zero-order chi connectivity index (χ0) is 19.2. The third-order valence-corrected chi connectivity index (χ3v) is 4.45. The molecule has 0 atom stereocenters. The Bertz CT molecular complexity index is 888. The van der Waals surface area contributed by atoms with Gasteiger partial charge in [0.05, 0.1) is 12.3 Å². The SMILES string of the molecule is CCOc1ccc(Oc2cc(CNCc3c(C)nn(C)c3C)ccn2)cc1. The van der Waals surface area contributed by atoms with Crippen LogP contribution in [0.4, 0.5) is 0 Å². The number of ether oxygens (including phenoxy) is 2. The molecule has 2 aromatic heterocycles. The fourth-order valence-electron chi connectivity index (χ4n) is 2.91. The van der Waals surface area contributed by atoms with Crippen LogP contribution in [0.25, 0.3) is 0 Å². The Morgan fingerprint density at radius 1 is 1.04 bits per heavy atom. The standard InChI is InChI=1S/C21H26N4O2/c1-5-26-18-6-8-19(9-7-18)27-21-12-17(10-11-23-21)13-22-14-20-15(2)24-25(4)16(20)3/h6-12,22H,5,13-14H2,1-4H3. The lowest BCUT2D eigenvalue weighted by molar-refractivity contribution is 0.339. The molecular formula is C21H26N4O2. The van der Waals surface area contributed by atoms with Crippen LogP contribution >= 0.6 is 0 Å². The number of rotatable bonds is 8. The summed E-state index contributed by atoms with van der Waals surface area (Å²) >= 11 is 0. The lowest BCUT2D eigenvalue weighted by Gasteiger charge is -2.09. The molecule has 2 heterocycles. The van der Waals surface area contributed by atoms with E-state index in [0.717, 1.165) is 35.8 Å². The van der Waals surface area contributed by atoms with E-state index in [1.54, 1.807) is 6.20 Å². The molecule has 6 heteroatoms. The molecule has 0 saturated carbocycles. The molecule has 0 saturated heterocycles. The van der Waals surface area contributed by atoms with E-state index in [1.165, 1.54) is 11.3 Å². The highest BCUT2D eigenvalue weighted by atomic mass is 16.5. The Labute approximate surface area is 160 Å². The predicted octanol–water partition coefficient (Wildman–Crippen LogP) is 3.91. The van der Waals surface area contributed by atoms with Crippen molar-refractivity contribution in [2.24, 2.45) is 7.05 Å². The summed E-state index contributed by atoms with van der Waals surface area (Å²) in [5, 5.41) is 7.93. The van der Waals surface area contributed by atoms with Crippen LogP contribution in [0.5, 0.6) is 17.4 Å². The maximum absolute atomic E-state index is 5.85. The summed E-state index contributed by atoms with van der Waals surface area (Å²) in [5.41, 5.74) is 4.62. The van der Waals surface area contributed by atoms with Gasteiger partial charge in [0.2, 0.25) is 5.88 Å². The van der Waals surface area contributed by atoms with E-state index in [1.807, 2.05) is 62.0 Å². The zero-order valence-corrected chi connectivity index (χ0v) is 16.3. The summed E-state index contributed by atoms with van der Waals surface area (Å²) in [6, 6.07) is 11.5. The Morgan fingerprint density at radius 2 is 1.78 bits per heavy atom. The Morgan fingerprint density at radius 3 is 2.44 bits per heavy atom. The largest absolute Gasteiger partial charge is 0.494 e. The van der Waals surface area contributed by atoms with Crippen molar-refractivity contribution in [1.82, 2.24) is 20.1 Å². The average molecular weight is 366 g/mol. The molecule has 142 valence electrons.